The number of amides is 1. The van der Waals surface area contributed by atoms with Crippen molar-refractivity contribution in [2.45, 2.75) is 32.2 Å². The summed E-state index contributed by atoms with van der Waals surface area (Å²) in [6.07, 6.45) is 0.507. The molecule has 0 fully saturated rings. The molecule has 1 aromatic carbocycles. The quantitative estimate of drug-likeness (QED) is 0.851. The third-order valence-corrected chi connectivity index (χ3v) is 5.10. The number of aryl methyl sites for hydroxylation is 1. The lowest BCUT2D eigenvalue weighted by atomic mass is 9.86. The second-order valence-electron chi connectivity index (χ2n) is 6.50. The van der Waals surface area contributed by atoms with Gasteiger partial charge in [0.05, 0.1) is 12.0 Å². The van der Waals surface area contributed by atoms with Crippen LogP contribution in [0.3, 0.4) is 0 Å². The van der Waals surface area contributed by atoms with Crippen molar-refractivity contribution < 1.29 is 9.59 Å². The molecule has 1 unspecified atom stereocenters. The molecule has 0 radical (unpaired) electrons. The number of nitrogens with zero attached hydrogens (tertiary/aromatic N) is 3. The number of Topliss-reactive ketones (excluding diaryl/α,β-unsaturated/α-hetero) is 1. The Balaban J connectivity index is 1.87. The van der Waals surface area contributed by atoms with Gasteiger partial charge in [-0.2, -0.15) is 4.37 Å². The Morgan fingerprint density at radius 2 is 2.16 bits per heavy atom. The summed E-state index contributed by atoms with van der Waals surface area (Å²) in [4.78, 5) is 31.4. The van der Waals surface area contributed by atoms with Crippen LogP contribution < -0.4 is 5.73 Å². The van der Waals surface area contributed by atoms with Gasteiger partial charge in [-0.15, -0.1) is 0 Å². The van der Waals surface area contributed by atoms with Gasteiger partial charge in [0, 0.05) is 18.3 Å². The van der Waals surface area contributed by atoms with Gasteiger partial charge in [-0.05, 0) is 42.6 Å². The van der Waals surface area contributed by atoms with E-state index in [1.54, 1.807) is 13.1 Å². The van der Waals surface area contributed by atoms with E-state index in [2.05, 4.69) is 9.37 Å². The van der Waals surface area contributed by atoms with Crippen LogP contribution in [0, 0.1) is 6.92 Å². The average molecular weight is 356 g/mol. The molecular weight excluding hydrogens is 336 g/mol. The molecule has 0 bridgehead atoms. The third kappa shape index (κ3) is 3.46. The zero-order valence-electron chi connectivity index (χ0n) is 14.4. The standard InChI is InChI=1S/C18H20N4O2S/c1-11-7-14(21-25-11)15(23)9-12-5-4-6-13(8-12)18(2)10-16(24)22(3)17(19)20-18/h4-8H,9-10H2,1-3H3,(H2,19,20). The minimum absolute atomic E-state index is 0.0193. The van der Waals surface area contributed by atoms with Gasteiger partial charge in [-0.1, -0.05) is 24.3 Å². The van der Waals surface area contributed by atoms with Crippen molar-refractivity contribution in [2.24, 2.45) is 10.7 Å². The highest BCUT2D eigenvalue weighted by Gasteiger charge is 2.36. The molecule has 1 atom stereocenters. The van der Waals surface area contributed by atoms with E-state index in [1.165, 1.54) is 16.4 Å². The maximum atomic E-state index is 12.4. The van der Waals surface area contributed by atoms with E-state index in [-0.39, 0.29) is 30.5 Å². The van der Waals surface area contributed by atoms with E-state index in [0.717, 1.165) is 16.0 Å². The summed E-state index contributed by atoms with van der Waals surface area (Å²) >= 11 is 1.32. The molecule has 2 heterocycles. The minimum Gasteiger partial charge on any atom is -0.369 e. The number of carbonyl (C=O) groups is 2. The van der Waals surface area contributed by atoms with E-state index in [4.69, 9.17) is 5.73 Å². The van der Waals surface area contributed by atoms with Gasteiger partial charge in [0.25, 0.3) is 0 Å². The maximum absolute atomic E-state index is 12.4. The molecule has 2 aromatic rings. The SMILES string of the molecule is Cc1cc(C(=O)Cc2cccc(C3(C)CC(=O)N(C)C(N)=N3)c2)ns1. The summed E-state index contributed by atoms with van der Waals surface area (Å²) in [5.41, 5.74) is 7.39. The number of nitrogens with two attached hydrogens (primary N) is 1. The van der Waals surface area contributed by atoms with Gasteiger partial charge in [-0.25, -0.2) is 4.99 Å². The maximum Gasteiger partial charge on any atom is 0.231 e. The smallest absolute Gasteiger partial charge is 0.231 e. The lowest BCUT2D eigenvalue weighted by molar-refractivity contribution is -0.128. The van der Waals surface area contributed by atoms with Crippen LogP contribution in [0.4, 0.5) is 0 Å². The van der Waals surface area contributed by atoms with Crippen molar-refractivity contribution in [3.8, 4) is 0 Å². The molecule has 0 saturated heterocycles. The first-order valence-corrected chi connectivity index (χ1v) is 8.74. The number of hydrogen-bond acceptors (Lipinski definition) is 6. The van der Waals surface area contributed by atoms with Crippen molar-refractivity contribution in [2.75, 3.05) is 7.05 Å². The van der Waals surface area contributed by atoms with E-state index >= 15 is 0 Å². The molecule has 7 heteroatoms. The number of hydrogen-bond donors (Lipinski definition) is 1. The first kappa shape index (κ1) is 17.3. The number of benzene rings is 1. The predicted molar refractivity (Wildman–Crippen MR) is 97.7 cm³/mol. The summed E-state index contributed by atoms with van der Waals surface area (Å²) in [7, 11) is 1.62. The van der Waals surface area contributed by atoms with Gasteiger partial charge in [0.15, 0.2) is 11.7 Å². The highest BCUT2D eigenvalue weighted by molar-refractivity contribution is 7.05. The van der Waals surface area contributed by atoms with Gasteiger partial charge in [0.1, 0.15) is 5.69 Å². The fourth-order valence-electron chi connectivity index (χ4n) is 2.86. The van der Waals surface area contributed by atoms with Crippen molar-refractivity contribution >= 4 is 29.2 Å². The summed E-state index contributed by atoms with van der Waals surface area (Å²) in [6, 6.07) is 9.42. The Morgan fingerprint density at radius 3 is 2.80 bits per heavy atom. The highest BCUT2D eigenvalue weighted by atomic mass is 32.1. The average Bonchev–Trinajstić information content (AvgIpc) is 2.99. The molecule has 130 valence electrons. The van der Waals surface area contributed by atoms with Crippen LogP contribution in [0.1, 0.15) is 39.8 Å². The molecular formula is C18H20N4O2S. The van der Waals surface area contributed by atoms with Gasteiger partial charge >= 0.3 is 0 Å². The van der Waals surface area contributed by atoms with E-state index in [9.17, 15) is 9.59 Å². The summed E-state index contributed by atoms with van der Waals surface area (Å²) < 4.78 is 4.17. The number of guanidine groups is 1. The number of aromatic nitrogens is 1. The molecule has 0 spiro atoms. The molecule has 0 saturated carbocycles. The Labute approximate surface area is 150 Å². The molecule has 3 rings (SSSR count). The first-order valence-electron chi connectivity index (χ1n) is 7.96. The molecule has 6 nitrogen and oxygen atoms in total. The van der Waals surface area contributed by atoms with Crippen LogP contribution >= 0.6 is 11.5 Å². The van der Waals surface area contributed by atoms with Gasteiger partial charge < -0.3 is 5.73 Å². The van der Waals surface area contributed by atoms with Crippen molar-refractivity contribution in [3.05, 3.63) is 52.0 Å². The molecule has 1 aliphatic heterocycles. The molecule has 25 heavy (non-hydrogen) atoms. The van der Waals surface area contributed by atoms with Crippen LogP contribution in [0.25, 0.3) is 0 Å². The summed E-state index contributed by atoms with van der Waals surface area (Å²) in [5.74, 6) is 0.113. The number of aliphatic imine (C=N–C) groups is 1. The monoisotopic (exact) mass is 356 g/mol. The molecule has 1 amide bonds. The van der Waals surface area contributed by atoms with Crippen molar-refractivity contribution in [3.63, 3.8) is 0 Å². The number of carbonyl (C=O) groups excluding carboxylic acids is 2. The van der Waals surface area contributed by atoms with Gasteiger partial charge in [0.2, 0.25) is 5.91 Å². The zero-order valence-corrected chi connectivity index (χ0v) is 15.3. The fraction of sp³-hybridized carbons (Fsp3) is 0.333. The van der Waals surface area contributed by atoms with Crippen LogP contribution in [-0.4, -0.2) is 34.0 Å². The Bertz CT molecular complexity index is 873. The Kier molecular flexibility index (Phi) is 4.43. The molecule has 0 aliphatic carbocycles. The van der Waals surface area contributed by atoms with E-state index in [1.807, 2.05) is 38.1 Å². The number of ketones is 1. The lowest BCUT2D eigenvalue weighted by Gasteiger charge is -2.33. The second-order valence-corrected chi connectivity index (χ2v) is 7.51. The lowest BCUT2D eigenvalue weighted by Crippen LogP contribution is -2.47. The largest absolute Gasteiger partial charge is 0.369 e. The second kappa shape index (κ2) is 6.40. The summed E-state index contributed by atoms with van der Waals surface area (Å²) in [5, 5.41) is 0. The Hall–Kier alpha value is -2.54. The minimum atomic E-state index is -0.718. The van der Waals surface area contributed by atoms with Crippen LogP contribution in [0.2, 0.25) is 0 Å². The normalized spacial score (nSPS) is 20.5. The third-order valence-electron chi connectivity index (χ3n) is 4.40. The van der Waals surface area contributed by atoms with Crippen LogP contribution in [-0.2, 0) is 16.8 Å². The van der Waals surface area contributed by atoms with Crippen LogP contribution in [0.5, 0.6) is 0 Å². The van der Waals surface area contributed by atoms with Gasteiger partial charge in [-0.3, -0.25) is 14.5 Å². The predicted octanol–water partition coefficient (Wildman–Crippen LogP) is 2.27. The topological polar surface area (TPSA) is 88.7 Å². The molecule has 1 aromatic heterocycles. The van der Waals surface area contributed by atoms with E-state index < -0.39 is 5.54 Å². The van der Waals surface area contributed by atoms with E-state index in [0.29, 0.717) is 5.69 Å². The number of rotatable bonds is 4. The fourth-order valence-corrected chi connectivity index (χ4v) is 3.43. The highest BCUT2D eigenvalue weighted by Crippen LogP contribution is 2.33. The first-order chi connectivity index (χ1) is 11.8. The molecule has 2 N–H and O–H groups in total. The van der Waals surface area contributed by atoms with Crippen molar-refractivity contribution in [1.82, 2.24) is 9.27 Å². The Morgan fingerprint density at radius 1 is 1.40 bits per heavy atom. The summed E-state index contributed by atoms with van der Waals surface area (Å²) in [6.45, 7) is 3.81. The molecule has 1 aliphatic rings. The zero-order chi connectivity index (χ0) is 18.2. The van der Waals surface area contributed by atoms with Crippen molar-refractivity contribution in [1.29, 1.82) is 0 Å². The van der Waals surface area contributed by atoms with Crippen LogP contribution in [0.15, 0.2) is 35.3 Å².